The van der Waals surface area contributed by atoms with E-state index in [-0.39, 0.29) is 21.3 Å². The molecule has 0 atom stereocenters. The Kier molecular flexibility index (Phi) is 5.29. The van der Waals surface area contributed by atoms with Crippen LogP contribution in [0.2, 0.25) is 5.02 Å². The molecule has 3 rings (SSSR count). The first-order valence-electron chi connectivity index (χ1n) is 7.65. The summed E-state index contributed by atoms with van der Waals surface area (Å²) in [5, 5.41) is 10.8. The van der Waals surface area contributed by atoms with Crippen LogP contribution in [0, 0.1) is 10.1 Å². The number of nitrogens with zero attached hydrogens (tertiary/aromatic N) is 1. The Morgan fingerprint density at radius 1 is 0.926 bits per heavy atom. The standard InChI is InChI=1S/C18H13ClN2O5S/c19-17-11-8-14(21(22)23)12-18(17)27(24,25)20-13-6-9-16(10-7-13)26-15-4-2-1-3-5-15/h1-12,20H. The average molecular weight is 405 g/mol. The molecule has 27 heavy (non-hydrogen) atoms. The van der Waals surface area contributed by atoms with Crippen LogP contribution in [0.4, 0.5) is 11.4 Å². The third-order valence-electron chi connectivity index (χ3n) is 3.50. The Balaban J connectivity index is 1.80. The van der Waals surface area contributed by atoms with Crippen LogP contribution in [0.5, 0.6) is 11.5 Å². The molecular formula is C18H13ClN2O5S. The van der Waals surface area contributed by atoms with Crippen LogP contribution in [0.3, 0.4) is 0 Å². The summed E-state index contributed by atoms with van der Waals surface area (Å²) in [7, 11) is -4.10. The highest BCUT2D eigenvalue weighted by Gasteiger charge is 2.21. The molecule has 0 aliphatic rings. The second-order valence-electron chi connectivity index (χ2n) is 5.42. The van der Waals surface area contributed by atoms with Crippen molar-refractivity contribution in [3.8, 4) is 11.5 Å². The molecule has 3 aromatic carbocycles. The predicted octanol–water partition coefficient (Wildman–Crippen LogP) is 4.84. The van der Waals surface area contributed by atoms with Crippen LogP contribution in [0.1, 0.15) is 0 Å². The van der Waals surface area contributed by atoms with E-state index in [1.54, 1.807) is 24.3 Å². The van der Waals surface area contributed by atoms with Crippen molar-refractivity contribution in [2.75, 3.05) is 4.72 Å². The number of hydrogen-bond donors (Lipinski definition) is 1. The number of rotatable bonds is 6. The summed E-state index contributed by atoms with van der Waals surface area (Å²) in [6, 6.07) is 18.6. The van der Waals surface area contributed by atoms with E-state index in [2.05, 4.69) is 4.72 Å². The highest BCUT2D eigenvalue weighted by Crippen LogP contribution is 2.29. The fourth-order valence-electron chi connectivity index (χ4n) is 2.24. The lowest BCUT2D eigenvalue weighted by Crippen LogP contribution is -2.13. The van der Waals surface area contributed by atoms with Crippen LogP contribution in [0.25, 0.3) is 0 Å². The number of ether oxygens (including phenoxy) is 1. The van der Waals surface area contributed by atoms with Gasteiger partial charge in [0, 0.05) is 17.8 Å². The zero-order valence-electron chi connectivity index (χ0n) is 13.7. The molecular weight excluding hydrogens is 392 g/mol. The number of anilines is 1. The molecule has 0 saturated carbocycles. The van der Waals surface area contributed by atoms with Gasteiger partial charge < -0.3 is 4.74 Å². The summed E-state index contributed by atoms with van der Waals surface area (Å²) in [6.07, 6.45) is 0. The fourth-order valence-corrected chi connectivity index (χ4v) is 3.82. The van der Waals surface area contributed by atoms with E-state index in [1.165, 1.54) is 18.2 Å². The van der Waals surface area contributed by atoms with Crippen molar-refractivity contribution in [2.45, 2.75) is 4.90 Å². The van der Waals surface area contributed by atoms with Crippen molar-refractivity contribution in [3.05, 3.63) is 87.9 Å². The Bertz CT molecular complexity index is 1070. The first kappa shape index (κ1) is 18.7. The van der Waals surface area contributed by atoms with E-state index in [0.29, 0.717) is 11.5 Å². The van der Waals surface area contributed by atoms with Crippen molar-refractivity contribution < 1.29 is 18.1 Å². The normalized spacial score (nSPS) is 11.0. The molecule has 7 nitrogen and oxygen atoms in total. The fraction of sp³-hybridized carbons (Fsp3) is 0. The van der Waals surface area contributed by atoms with E-state index in [9.17, 15) is 18.5 Å². The Morgan fingerprint density at radius 2 is 1.56 bits per heavy atom. The summed E-state index contributed by atoms with van der Waals surface area (Å²) >= 11 is 5.91. The molecule has 0 spiro atoms. The third kappa shape index (κ3) is 4.55. The van der Waals surface area contributed by atoms with Gasteiger partial charge in [-0.3, -0.25) is 14.8 Å². The lowest BCUT2D eigenvalue weighted by molar-refractivity contribution is -0.385. The number of nitrogens with one attached hydrogen (secondary N) is 1. The maximum Gasteiger partial charge on any atom is 0.270 e. The summed E-state index contributed by atoms with van der Waals surface area (Å²) in [5.74, 6) is 1.17. The van der Waals surface area contributed by atoms with Gasteiger partial charge in [0.05, 0.1) is 9.95 Å². The van der Waals surface area contributed by atoms with Gasteiger partial charge in [0.2, 0.25) is 0 Å². The number of benzene rings is 3. The second-order valence-corrected chi connectivity index (χ2v) is 7.47. The van der Waals surface area contributed by atoms with E-state index in [0.717, 1.165) is 12.1 Å². The topological polar surface area (TPSA) is 98.5 Å². The molecule has 0 aliphatic heterocycles. The highest BCUT2D eigenvalue weighted by atomic mass is 35.5. The molecule has 0 saturated heterocycles. The molecule has 0 heterocycles. The van der Waals surface area contributed by atoms with Crippen molar-refractivity contribution in [2.24, 2.45) is 0 Å². The first-order valence-corrected chi connectivity index (χ1v) is 9.51. The first-order chi connectivity index (χ1) is 12.8. The minimum atomic E-state index is -4.10. The van der Waals surface area contributed by atoms with Gasteiger partial charge in [-0.25, -0.2) is 8.42 Å². The van der Waals surface area contributed by atoms with Crippen molar-refractivity contribution in [1.82, 2.24) is 0 Å². The summed E-state index contributed by atoms with van der Waals surface area (Å²) in [4.78, 5) is 9.81. The maximum atomic E-state index is 12.5. The lowest BCUT2D eigenvalue weighted by atomic mass is 10.3. The number of halogens is 1. The molecule has 3 aromatic rings. The molecule has 0 fully saturated rings. The third-order valence-corrected chi connectivity index (χ3v) is 5.36. The van der Waals surface area contributed by atoms with Crippen LogP contribution < -0.4 is 9.46 Å². The minimum absolute atomic E-state index is 0.114. The smallest absolute Gasteiger partial charge is 0.270 e. The molecule has 0 aliphatic carbocycles. The van der Waals surface area contributed by atoms with Gasteiger partial charge in [-0.15, -0.1) is 0 Å². The summed E-state index contributed by atoms with van der Waals surface area (Å²) < 4.78 is 33.0. The number of hydrogen-bond acceptors (Lipinski definition) is 5. The van der Waals surface area contributed by atoms with E-state index >= 15 is 0 Å². The van der Waals surface area contributed by atoms with Crippen molar-refractivity contribution in [3.63, 3.8) is 0 Å². The number of nitro groups is 1. The molecule has 0 bridgehead atoms. The SMILES string of the molecule is O=[N+]([O-])c1ccc(Cl)c(S(=O)(=O)Nc2ccc(Oc3ccccc3)cc2)c1. The van der Waals surface area contributed by atoms with Gasteiger partial charge in [-0.05, 0) is 42.5 Å². The number of non-ortho nitro benzene ring substituents is 1. The average Bonchev–Trinajstić information content (AvgIpc) is 2.64. The highest BCUT2D eigenvalue weighted by molar-refractivity contribution is 7.92. The molecule has 138 valence electrons. The molecule has 1 N–H and O–H groups in total. The largest absolute Gasteiger partial charge is 0.457 e. The lowest BCUT2D eigenvalue weighted by Gasteiger charge is -2.10. The van der Waals surface area contributed by atoms with Gasteiger partial charge in [0.15, 0.2) is 0 Å². The van der Waals surface area contributed by atoms with Gasteiger partial charge in [-0.2, -0.15) is 0 Å². The maximum absolute atomic E-state index is 12.5. The van der Waals surface area contributed by atoms with Crippen LogP contribution >= 0.6 is 11.6 Å². The molecule has 0 aromatic heterocycles. The second kappa shape index (κ2) is 7.65. The van der Waals surface area contributed by atoms with Crippen LogP contribution in [-0.4, -0.2) is 13.3 Å². The predicted molar refractivity (Wildman–Crippen MR) is 102 cm³/mol. The van der Waals surface area contributed by atoms with Gasteiger partial charge in [0.25, 0.3) is 15.7 Å². The number of nitro benzene ring substituents is 1. The Hall–Kier alpha value is -3.10. The minimum Gasteiger partial charge on any atom is -0.457 e. The van der Waals surface area contributed by atoms with Crippen LogP contribution in [0.15, 0.2) is 77.7 Å². The van der Waals surface area contributed by atoms with E-state index < -0.39 is 14.9 Å². The summed E-state index contributed by atoms with van der Waals surface area (Å²) in [6.45, 7) is 0. The Labute approximate surface area is 160 Å². The van der Waals surface area contributed by atoms with E-state index in [1.807, 2.05) is 18.2 Å². The zero-order valence-corrected chi connectivity index (χ0v) is 15.3. The van der Waals surface area contributed by atoms with Crippen molar-refractivity contribution >= 4 is 33.0 Å². The monoisotopic (exact) mass is 404 g/mol. The summed E-state index contributed by atoms with van der Waals surface area (Å²) in [5.41, 5.74) is -0.107. The number of para-hydroxylation sites is 1. The zero-order chi connectivity index (χ0) is 19.4. The van der Waals surface area contributed by atoms with Gasteiger partial charge in [-0.1, -0.05) is 29.8 Å². The van der Waals surface area contributed by atoms with E-state index in [4.69, 9.17) is 16.3 Å². The molecule has 9 heteroatoms. The van der Waals surface area contributed by atoms with Crippen molar-refractivity contribution in [1.29, 1.82) is 0 Å². The Morgan fingerprint density at radius 3 is 2.19 bits per heavy atom. The van der Waals surface area contributed by atoms with Gasteiger partial charge >= 0.3 is 0 Å². The number of sulfonamides is 1. The molecule has 0 amide bonds. The van der Waals surface area contributed by atoms with Gasteiger partial charge in [0.1, 0.15) is 16.4 Å². The van der Waals surface area contributed by atoms with Crippen LogP contribution in [-0.2, 0) is 10.0 Å². The molecule has 0 radical (unpaired) electrons. The molecule has 0 unspecified atom stereocenters. The quantitative estimate of drug-likeness (QED) is 0.468.